The minimum Gasteiger partial charge on any atom is -0.380 e. The minimum atomic E-state index is 0.143. The first kappa shape index (κ1) is 15.9. The maximum absolute atomic E-state index is 5.51. The van der Waals surface area contributed by atoms with Crippen LogP contribution >= 0.6 is 22.9 Å². The largest absolute Gasteiger partial charge is 0.380 e. The molecule has 0 saturated heterocycles. The van der Waals surface area contributed by atoms with Crippen LogP contribution in [0.3, 0.4) is 0 Å². The molecule has 0 radical (unpaired) electrons. The Hall–Kier alpha value is -0.160. The SMILES string of the molecule is CC(C)(C)c1csc(CNCCCOCCCl)n1. The number of rotatable bonds is 8. The molecule has 3 nitrogen and oxygen atoms in total. The molecule has 0 aliphatic carbocycles. The number of alkyl halides is 1. The fourth-order valence-electron chi connectivity index (χ4n) is 1.39. The lowest BCUT2D eigenvalue weighted by atomic mass is 9.93. The van der Waals surface area contributed by atoms with E-state index in [-0.39, 0.29) is 5.41 Å². The van der Waals surface area contributed by atoms with E-state index >= 15 is 0 Å². The molecule has 1 aromatic rings. The van der Waals surface area contributed by atoms with E-state index in [1.165, 1.54) is 5.69 Å². The molecule has 0 spiro atoms. The van der Waals surface area contributed by atoms with Gasteiger partial charge in [-0.1, -0.05) is 20.8 Å². The Labute approximate surface area is 119 Å². The fourth-order valence-corrected chi connectivity index (χ4v) is 2.49. The number of halogens is 1. The first-order valence-corrected chi connectivity index (χ1v) is 7.75. The second kappa shape index (κ2) is 8.10. The smallest absolute Gasteiger partial charge is 0.107 e. The van der Waals surface area contributed by atoms with Gasteiger partial charge in [-0.05, 0) is 13.0 Å². The first-order valence-electron chi connectivity index (χ1n) is 6.33. The van der Waals surface area contributed by atoms with Gasteiger partial charge in [-0.3, -0.25) is 0 Å². The van der Waals surface area contributed by atoms with Crippen LogP contribution in [0.5, 0.6) is 0 Å². The predicted molar refractivity (Wildman–Crippen MR) is 78.7 cm³/mol. The van der Waals surface area contributed by atoms with Crippen LogP contribution in [0.2, 0.25) is 0 Å². The maximum Gasteiger partial charge on any atom is 0.107 e. The van der Waals surface area contributed by atoms with Crippen molar-refractivity contribution in [3.63, 3.8) is 0 Å². The van der Waals surface area contributed by atoms with E-state index in [0.717, 1.165) is 31.1 Å². The molecule has 0 fully saturated rings. The molecule has 1 rings (SSSR count). The van der Waals surface area contributed by atoms with E-state index in [9.17, 15) is 0 Å². The van der Waals surface area contributed by atoms with Crippen LogP contribution in [0, 0.1) is 0 Å². The number of ether oxygens (including phenoxy) is 1. The van der Waals surface area contributed by atoms with Crippen LogP contribution in [0.15, 0.2) is 5.38 Å². The van der Waals surface area contributed by atoms with E-state index < -0.39 is 0 Å². The summed E-state index contributed by atoms with van der Waals surface area (Å²) in [5.74, 6) is 0.572. The molecule has 0 unspecified atom stereocenters. The molecule has 0 amide bonds. The van der Waals surface area contributed by atoms with Crippen LogP contribution in [0.1, 0.15) is 37.9 Å². The predicted octanol–water partition coefficient (Wildman–Crippen LogP) is 3.18. The summed E-state index contributed by atoms with van der Waals surface area (Å²) in [5.41, 5.74) is 1.32. The highest BCUT2D eigenvalue weighted by Gasteiger charge is 2.16. The highest BCUT2D eigenvalue weighted by atomic mass is 35.5. The van der Waals surface area contributed by atoms with E-state index in [1.54, 1.807) is 11.3 Å². The average molecular weight is 291 g/mol. The fraction of sp³-hybridized carbons (Fsp3) is 0.769. The summed E-state index contributed by atoms with van der Waals surface area (Å²) in [7, 11) is 0. The van der Waals surface area contributed by atoms with Gasteiger partial charge in [0.1, 0.15) is 5.01 Å². The molecule has 1 heterocycles. The monoisotopic (exact) mass is 290 g/mol. The topological polar surface area (TPSA) is 34.1 Å². The molecule has 18 heavy (non-hydrogen) atoms. The van der Waals surface area contributed by atoms with Crippen LogP contribution in [0.4, 0.5) is 0 Å². The summed E-state index contributed by atoms with van der Waals surface area (Å²) in [6.07, 6.45) is 1.01. The molecule has 0 aliphatic rings. The maximum atomic E-state index is 5.51. The Morgan fingerprint density at radius 1 is 1.39 bits per heavy atom. The van der Waals surface area contributed by atoms with Gasteiger partial charge in [0.15, 0.2) is 0 Å². The lowest BCUT2D eigenvalue weighted by Gasteiger charge is -2.14. The number of thiazole rings is 1. The van der Waals surface area contributed by atoms with E-state index in [1.807, 2.05) is 0 Å². The molecule has 104 valence electrons. The van der Waals surface area contributed by atoms with Gasteiger partial charge in [-0.2, -0.15) is 0 Å². The van der Waals surface area contributed by atoms with Gasteiger partial charge >= 0.3 is 0 Å². The van der Waals surface area contributed by atoms with Crippen molar-refractivity contribution in [1.82, 2.24) is 10.3 Å². The van der Waals surface area contributed by atoms with Gasteiger partial charge in [0.25, 0.3) is 0 Å². The van der Waals surface area contributed by atoms with Crippen molar-refractivity contribution < 1.29 is 4.74 Å². The first-order chi connectivity index (χ1) is 8.54. The quantitative estimate of drug-likeness (QED) is 0.590. The number of aromatic nitrogens is 1. The second-order valence-corrected chi connectivity index (χ2v) is 6.53. The molecule has 0 atom stereocenters. The summed E-state index contributed by atoms with van der Waals surface area (Å²) < 4.78 is 5.30. The number of nitrogens with zero attached hydrogens (tertiary/aromatic N) is 1. The second-order valence-electron chi connectivity index (χ2n) is 5.21. The van der Waals surface area contributed by atoms with Gasteiger partial charge in [0.05, 0.1) is 12.3 Å². The molecule has 1 N–H and O–H groups in total. The van der Waals surface area contributed by atoms with Crippen molar-refractivity contribution in [1.29, 1.82) is 0 Å². The third-order valence-corrected chi connectivity index (χ3v) is 3.46. The summed E-state index contributed by atoms with van der Waals surface area (Å²) in [6, 6.07) is 0. The molecule has 0 saturated carbocycles. The minimum absolute atomic E-state index is 0.143. The highest BCUT2D eigenvalue weighted by Crippen LogP contribution is 2.23. The van der Waals surface area contributed by atoms with Crippen molar-refractivity contribution in [2.24, 2.45) is 0 Å². The van der Waals surface area contributed by atoms with Crippen molar-refractivity contribution >= 4 is 22.9 Å². The summed E-state index contributed by atoms with van der Waals surface area (Å²) in [4.78, 5) is 4.64. The standard InChI is InChI=1S/C13H23ClN2OS/c1-13(2,3)11-10-18-12(16-11)9-15-6-4-7-17-8-5-14/h10,15H,4-9H2,1-3H3. The molecule has 1 aromatic heterocycles. The summed E-state index contributed by atoms with van der Waals surface area (Å²) in [5, 5.41) is 6.69. The van der Waals surface area contributed by atoms with Gasteiger partial charge < -0.3 is 10.1 Å². The zero-order valence-corrected chi connectivity index (χ0v) is 13.0. The van der Waals surface area contributed by atoms with E-state index in [4.69, 9.17) is 16.3 Å². The molecular weight excluding hydrogens is 268 g/mol. The third-order valence-electron chi connectivity index (χ3n) is 2.46. The molecule has 5 heteroatoms. The Balaban J connectivity index is 2.14. The van der Waals surface area contributed by atoms with Crippen molar-refractivity contribution in [3.05, 3.63) is 16.1 Å². The zero-order chi connectivity index (χ0) is 13.4. The Morgan fingerprint density at radius 2 is 2.17 bits per heavy atom. The molecular formula is C13H23ClN2OS. The summed E-state index contributed by atoms with van der Waals surface area (Å²) >= 11 is 7.24. The molecule has 0 aromatic carbocycles. The van der Waals surface area contributed by atoms with Crippen LogP contribution in [-0.2, 0) is 16.7 Å². The lowest BCUT2D eigenvalue weighted by molar-refractivity contribution is 0.146. The zero-order valence-electron chi connectivity index (χ0n) is 11.5. The lowest BCUT2D eigenvalue weighted by Crippen LogP contribution is -2.17. The van der Waals surface area contributed by atoms with Crippen molar-refractivity contribution in [2.75, 3.05) is 25.6 Å². The van der Waals surface area contributed by atoms with Gasteiger partial charge in [-0.15, -0.1) is 22.9 Å². The van der Waals surface area contributed by atoms with Crippen LogP contribution in [-0.4, -0.2) is 30.6 Å². The number of hydrogen-bond donors (Lipinski definition) is 1. The Kier molecular flexibility index (Phi) is 7.15. The Morgan fingerprint density at radius 3 is 2.78 bits per heavy atom. The third kappa shape index (κ3) is 6.14. The highest BCUT2D eigenvalue weighted by molar-refractivity contribution is 7.09. The molecule has 0 bridgehead atoms. The van der Waals surface area contributed by atoms with Gasteiger partial charge in [0.2, 0.25) is 0 Å². The van der Waals surface area contributed by atoms with Crippen molar-refractivity contribution in [2.45, 2.75) is 39.2 Å². The number of hydrogen-bond acceptors (Lipinski definition) is 4. The normalized spacial score (nSPS) is 12.0. The van der Waals surface area contributed by atoms with Crippen LogP contribution in [0.25, 0.3) is 0 Å². The van der Waals surface area contributed by atoms with E-state index in [0.29, 0.717) is 12.5 Å². The van der Waals surface area contributed by atoms with Crippen molar-refractivity contribution in [3.8, 4) is 0 Å². The van der Waals surface area contributed by atoms with Gasteiger partial charge in [0, 0.05) is 29.8 Å². The van der Waals surface area contributed by atoms with E-state index in [2.05, 4.69) is 36.5 Å². The average Bonchev–Trinajstić information content (AvgIpc) is 2.76. The van der Waals surface area contributed by atoms with Crippen LogP contribution < -0.4 is 5.32 Å². The number of nitrogens with one attached hydrogen (secondary N) is 1. The summed E-state index contributed by atoms with van der Waals surface area (Å²) in [6.45, 7) is 9.77. The Bertz CT molecular complexity index is 336. The van der Waals surface area contributed by atoms with Gasteiger partial charge in [-0.25, -0.2) is 4.98 Å². The molecule has 0 aliphatic heterocycles.